The van der Waals surface area contributed by atoms with Crippen LogP contribution in [0.5, 0.6) is 0 Å². The van der Waals surface area contributed by atoms with Crippen LogP contribution in [0.1, 0.15) is 12.8 Å². The zero-order valence-corrected chi connectivity index (χ0v) is 13.4. The zero-order chi connectivity index (χ0) is 15.0. The molecule has 2 N–H and O–H groups in total. The summed E-state index contributed by atoms with van der Waals surface area (Å²) in [5.74, 6) is 0.830. The second-order valence-corrected chi connectivity index (χ2v) is 8.15. The third-order valence-electron chi connectivity index (χ3n) is 4.12. The van der Waals surface area contributed by atoms with Gasteiger partial charge in [-0.1, -0.05) is 11.6 Å². The molecule has 0 unspecified atom stereocenters. The Bertz CT molecular complexity index is 623. The van der Waals surface area contributed by atoms with Gasteiger partial charge in [-0.3, -0.25) is 0 Å². The van der Waals surface area contributed by atoms with E-state index in [0.717, 1.165) is 25.6 Å². The Labute approximate surface area is 130 Å². The van der Waals surface area contributed by atoms with Crippen molar-refractivity contribution in [3.63, 3.8) is 0 Å². The van der Waals surface area contributed by atoms with Crippen LogP contribution in [0.2, 0.25) is 5.02 Å². The van der Waals surface area contributed by atoms with E-state index < -0.39 is 10.0 Å². The molecule has 1 aromatic carbocycles. The first-order valence-corrected chi connectivity index (χ1v) is 9.06. The van der Waals surface area contributed by atoms with Crippen molar-refractivity contribution in [3.8, 4) is 0 Å². The third-order valence-corrected chi connectivity index (χ3v) is 6.50. The highest BCUT2D eigenvalue weighted by Crippen LogP contribution is 2.31. The molecule has 5 nitrogen and oxygen atoms in total. The zero-order valence-electron chi connectivity index (χ0n) is 11.8. The van der Waals surface area contributed by atoms with E-state index >= 15 is 0 Å². The number of hydrogen-bond acceptors (Lipinski definition) is 4. The lowest BCUT2D eigenvalue weighted by Crippen LogP contribution is -2.49. The first-order valence-electron chi connectivity index (χ1n) is 7.24. The highest BCUT2D eigenvalue weighted by Gasteiger charge is 2.32. The number of rotatable bonds is 4. The Morgan fingerprint density at radius 1 is 1.19 bits per heavy atom. The van der Waals surface area contributed by atoms with Crippen molar-refractivity contribution in [2.24, 2.45) is 5.92 Å². The number of nitrogens with zero attached hydrogens (tertiary/aromatic N) is 2. The van der Waals surface area contributed by atoms with Gasteiger partial charge in [-0.15, -0.1) is 0 Å². The third kappa shape index (κ3) is 3.34. The second kappa shape index (κ2) is 5.76. The smallest absolute Gasteiger partial charge is 0.244 e. The molecule has 1 aliphatic heterocycles. The summed E-state index contributed by atoms with van der Waals surface area (Å²) in [7, 11) is -3.56. The van der Waals surface area contributed by atoms with Gasteiger partial charge in [0.05, 0.1) is 5.02 Å². The van der Waals surface area contributed by atoms with Crippen molar-refractivity contribution >= 4 is 27.3 Å². The van der Waals surface area contributed by atoms with Crippen molar-refractivity contribution in [2.75, 3.05) is 38.5 Å². The molecular weight excluding hydrogens is 310 g/mol. The molecule has 1 heterocycles. The fourth-order valence-corrected chi connectivity index (χ4v) is 4.61. The Balaban J connectivity index is 1.72. The van der Waals surface area contributed by atoms with Crippen LogP contribution >= 0.6 is 11.6 Å². The number of halogens is 1. The SMILES string of the molecule is Nc1ccc(Cl)c(S(=O)(=O)N2CCN(CC3CC3)CC2)c1. The van der Waals surface area contributed by atoms with Crippen molar-refractivity contribution in [1.29, 1.82) is 0 Å². The van der Waals surface area contributed by atoms with E-state index in [2.05, 4.69) is 4.90 Å². The number of anilines is 1. The van der Waals surface area contributed by atoms with E-state index in [-0.39, 0.29) is 9.92 Å². The lowest BCUT2D eigenvalue weighted by molar-refractivity contribution is 0.182. The summed E-state index contributed by atoms with van der Waals surface area (Å²) in [5, 5.41) is 0.226. The largest absolute Gasteiger partial charge is 0.399 e. The molecular formula is C14H20ClN3O2S. The molecule has 0 atom stereocenters. The second-order valence-electron chi connectivity index (χ2n) is 5.84. The standard InChI is InChI=1S/C14H20ClN3O2S/c15-13-4-3-12(16)9-14(13)21(19,20)18-7-5-17(6-8-18)10-11-1-2-11/h3-4,9,11H,1-2,5-8,10,16H2. The molecule has 1 saturated heterocycles. The number of nitrogen functional groups attached to an aromatic ring is 1. The topological polar surface area (TPSA) is 66.6 Å². The maximum atomic E-state index is 12.7. The van der Waals surface area contributed by atoms with Crippen LogP contribution in [0.25, 0.3) is 0 Å². The lowest BCUT2D eigenvalue weighted by atomic mass is 10.3. The highest BCUT2D eigenvalue weighted by molar-refractivity contribution is 7.89. The molecule has 1 saturated carbocycles. The molecule has 1 aliphatic carbocycles. The molecule has 1 aromatic rings. The van der Waals surface area contributed by atoms with Gasteiger partial charge >= 0.3 is 0 Å². The molecule has 116 valence electrons. The Morgan fingerprint density at radius 3 is 2.48 bits per heavy atom. The normalized spacial score (nSPS) is 21.6. The number of benzene rings is 1. The minimum Gasteiger partial charge on any atom is -0.399 e. The van der Waals surface area contributed by atoms with Gasteiger partial charge in [-0.25, -0.2) is 8.42 Å². The maximum absolute atomic E-state index is 12.7. The average Bonchev–Trinajstić information content (AvgIpc) is 3.26. The van der Waals surface area contributed by atoms with Gasteiger partial charge in [-0.2, -0.15) is 4.31 Å². The molecule has 2 fully saturated rings. The molecule has 7 heteroatoms. The number of hydrogen-bond donors (Lipinski definition) is 1. The van der Waals surface area contributed by atoms with E-state index in [4.69, 9.17) is 17.3 Å². The van der Waals surface area contributed by atoms with E-state index in [1.807, 2.05) is 0 Å². The fourth-order valence-electron chi connectivity index (χ4n) is 2.67. The van der Waals surface area contributed by atoms with Gasteiger partial charge in [0.2, 0.25) is 10.0 Å². The van der Waals surface area contributed by atoms with E-state index in [1.54, 1.807) is 6.07 Å². The van der Waals surface area contributed by atoms with Crippen LogP contribution in [0.4, 0.5) is 5.69 Å². The predicted octanol–water partition coefficient (Wildman–Crippen LogP) is 1.64. The van der Waals surface area contributed by atoms with Gasteiger partial charge in [-0.05, 0) is 37.0 Å². The first kappa shape index (κ1) is 15.1. The van der Waals surface area contributed by atoms with Gasteiger partial charge in [0.25, 0.3) is 0 Å². The Kier molecular flexibility index (Phi) is 4.14. The highest BCUT2D eigenvalue weighted by atomic mass is 35.5. The molecule has 2 aliphatic rings. The summed E-state index contributed by atoms with van der Waals surface area (Å²) in [5.41, 5.74) is 6.10. The molecule has 0 spiro atoms. The minimum atomic E-state index is -3.56. The van der Waals surface area contributed by atoms with Crippen molar-refractivity contribution in [2.45, 2.75) is 17.7 Å². The molecule has 3 rings (SSSR count). The van der Waals surface area contributed by atoms with Crippen molar-refractivity contribution in [3.05, 3.63) is 23.2 Å². The van der Waals surface area contributed by atoms with E-state index in [9.17, 15) is 8.42 Å². The van der Waals surface area contributed by atoms with Crippen LogP contribution in [-0.2, 0) is 10.0 Å². The summed E-state index contributed by atoms with van der Waals surface area (Å²) in [4.78, 5) is 2.46. The van der Waals surface area contributed by atoms with Crippen LogP contribution in [0.3, 0.4) is 0 Å². The summed E-state index contributed by atoms with van der Waals surface area (Å²) >= 11 is 6.03. The van der Waals surface area contributed by atoms with Gasteiger partial charge < -0.3 is 10.6 Å². The van der Waals surface area contributed by atoms with Crippen LogP contribution in [-0.4, -0.2) is 50.3 Å². The Hall–Kier alpha value is -0.820. The lowest BCUT2D eigenvalue weighted by Gasteiger charge is -2.34. The summed E-state index contributed by atoms with van der Waals surface area (Å²) in [6.45, 7) is 3.71. The van der Waals surface area contributed by atoms with Crippen LogP contribution in [0, 0.1) is 5.92 Å². The molecule has 0 aromatic heterocycles. The van der Waals surface area contributed by atoms with Crippen LogP contribution < -0.4 is 5.73 Å². The maximum Gasteiger partial charge on any atom is 0.244 e. The predicted molar refractivity (Wildman–Crippen MR) is 83.8 cm³/mol. The monoisotopic (exact) mass is 329 g/mol. The molecule has 0 bridgehead atoms. The van der Waals surface area contributed by atoms with E-state index in [0.29, 0.717) is 18.8 Å². The number of nitrogens with two attached hydrogens (primary N) is 1. The quantitative estimate of drug-likeness (QED) is 0.853. The number of sulfonamides is 1. The summed E-state index contributed by atoms with van der Waals surface area (Å²) in [6, 6.07) is 4.58. The minimum absolute atomic E-state index is 0.111. The van der Waals surface area contributed by atoms with Crippen molar-refractivity contribution < 1.29 is 8.42 Å². The van der Waals surface area contributed by atoms with Gasteiger partial charge in [0.1, 0.15) is 4.90 Å². The molecule has 0 amide bonds. The van der Waals surface area contributed by atoms with Gasteiger partial charge in [0, 0.05) is 38.4 Å². The van der Waals surface area contributed by atoms with Crippen LogP contribution in [0.15, 0.2) is 23.1 Å². The molecule has 21 heavy (non-hydrogen) atoms. The van der Waals surface area contributed by atoms with Gasteiger partial charge in [0.15, 0.2) is 0 Å². The summed E-state index contributed by atoms with van der Waals surface area (Å²) in [6.07, 6.45) is 2.63. The Morgan fingerprint density at radius 2 is 1.86 bits per heavy atom. The fraction of sp³-hybridized carbons (Fsp3) is 0.571. The molecule has 0 radical (unpaired) electrons. The first-order chi connectivity index (χ1) is 9.96. The van der Waals surface area contributed by atoms with Crippen molar-refractivity contribution in [1.82, 2.24) is 9.21 Å². The number of piperazine rings is 1. The van der Waals surface area contributed by atoms with E-state index in [1.165, 1.54) is 29.3 Å². The average molecular weight is 330 g/mol. The summed E-state index contributed by atoms with van der Waals surface area (Å²) < 4.78 is 26.8.